The van der Waals surface area contributed by atoms with Gasteiger partial charge in [0.25, 0.3) is 0 Å². The molecule has 1 aliphatic rings. The molecule has 1 atom stereocenters. The molecule has 0 fully saturated rings. The highest BCUT2D eigenvalue weighted by molar-refractivity contribution is 5.93. The number of carbonyl (C=O) groups excluding carboxylic acids is 1. The van der Waals surface area contributed by atoms with E-state index in [1.54, 1.807) is 0 Å². The number of para-hydroxylation sites is 2. The first-order valence-corrected chi connectivity index (χ1v) is 8.51. The number of hydrogen-bond acceptors (Lipinski definition) is 5. The first kappa shape index (κ1) is 17.3. The molecule has 1 aromatic carbocycles. The smallest absolute Gasteiger partial charge is 0.238 e. The number of aromatic nitrogens is 2. The molecule has 25 heavy (non-hydrogen) atoms. The van der Waals surface area contributed by atoms with Gasteiger partial charge in [-0.15, -0.1) is 0 Å². The van der Waals surface area contributed by atoms with Crippen LogP contribution < -0.4 is 20.1 Å². The Balaban J connectivity index is 1.47. The van der Waals surface area contributed by atoms with Crippen LogP contribution in [0.3, 0.4) is 0 Å². The Morgan fingerprint density at radius 1 is 1.32 bits per heavy atom. The molecule has 1 aliphatic heterocycles. The topological polar surface area (TPSA) is 77.4 Å². The molecule has 0 spiro atoms. The first-order chi connectivity index (χ1) is 12.1. The molecule has 1 amide bonds. The van der Waals surface area contributed by atoms with Crippen molar-refractivity contribution in [2.45, 2.75) is 33.4 Å². The lowest BCUT2D eigenvalue weighted by Gasteiger charge is -2.26. The van der Waals surface area contributed by atoms with Crippen LogP contribution in [-0.4, -0.2) is 41.5 Å². The van der Waals surface area contributed by atoms with Crippen LogP contribution in [0.2, 0.25) is 0 Å². The van der Waals surface area contributed by atoms with Gasteiger partial charge in [-0.25, -0.2) is 0 Å². The molecule has 2 N–H and O–H groups in total. The third-order valence-electron chi connectivity index (χ3n) is 4.17. The van der Waals surface area contributed by atoms with Crippen molar-refractivity contribution in [2.24, 2.45) is 0 Å². The summed E-state index contributed by atoms with van der Waals surface area (Å²) in [6, 6.07) is 7.58. The number of hydrogen-bond donors (Lipinski definition) is 2. The monoisotopic (exact) mass is 344 g/mol. The molecule has 0 aliphatic carbocycles. The van der Waals surface area contributed by atoms with E-state index in [4.69, 9.17) is 9.47 Å². The molecule has 134 valence electrons. The summed E-state index contributed by atoms with van der Waals surface area (Å²) in [7, 11) is 0. The van der Waals surface area contributed by atoms with Crippen molar-refractivity contribution in [3.05, 3.63) is 35.7 Å². The molecule has 0 unspecified atom stereocenters. The Bertz CT molecular complexity index is 757. The molecule has 0 saturated carbocycles. The second kappa shape index (κ2) is 7.57. The van der Waals surface area contributed by atoms with Crippen molar-refractivity contribution in [1.29, 1.82) is 0 Å². The zero-order valence-electron chi connectivity index (χ0n) is 14.8. The third kappa shape index (κ3) is 3.93. The number of fused-ring (bicyclic) bond motifs is 1. The van der Waals surface area contributed by atoms with Crippen LogP contribution in [0.25, 0.3) is 0 Å². The van der Waals surface area contributed by atoms with E-state index in [2.05, 4.69) is 15.7 Å². The number of anilines is 1. The zero-order chi connectivity index (χ0) is 17.8. The maximum Gasteiger partial charge on any atom is 0.238 e. The summed E-state index contributed by atoms with van der Waals surface area (Å²) >= 11 is 0. The van der Waals surface area contributed by atoms with Gasteiger partial charge in [0, 0.05) is 13.1 Å². The summed E-state index contributed by atoms with van der Waals surface area (Å²) in [4.78, 5) is 12.2. The van der Waals surface area contributed by atoms with Gasteiger partial charge >= 0.3 is 0 Å². The van der Waals surface area contributed by atoms with Crippen molar-refractivity contribution in [1.82, 2.24) is 15.1 Å². The van der Waals surface area contributed by atoms with Gasteiger partial charge in [0.15, 0.2) is 11.5 Å². The highest BCUT2D eigenvalue weighted by Crippen LogP contribution is 2.30. The Morgan fingerprint density at radius 2 is 2.08 bits per heavy atom. The summed E-state index contributed by atoms with van der Waals surface area (Å²) in [5.41, 5.74) is 2.59. The predicted octanol–water partition coefficient (Wildman–Crippen LogP) is 1.89. The number of nitrogens with one attached hydrogen (secondary N) is 2. The van der Waals surface area contributed by atoms with E-state index in [-0.39, 0.29) is 18.6 Å². The molecule has 7 heteroatoms. The van der Waals surface area contributed by atoms with E-state index in [0.717, 1.165) is 35.1 Å². The van der Waals surface area contributed by atoms with Crippen LogP contribution in [0.5, 0.6) is 11.5 Å². The normalized spacial score (nSPS) is 15.9. The fourth-order valence-corrected chi connectivity index (χ4v) is 2.88. The van der Waals surface area contributed by atoms with E-state index in [0.29, 0.717) is 13.2 Å². The average Bonchev–Trinajstić information content (AvgIpc) is 2.89. The molecular formula is C18H24N4O3. The second-order valence-electron chi connectivity index (χ2n) is 6.04. The molecule has 2 heterocycles. The summed E-state index contributed by atoms with van der Waals surface area (Å²) in [6.45, 7) is 7.86. The number of benzene rings is 1. The zero-order valence-corrected chi connectivity index (χ0v) is 14.8. The van der Waals surface area contributed by atoms with Crippen molar-refractivity contribution < 1.29 is 14.3 Å². The highest BCUT2D eigenvalue weighted by Gasteiger charge is 2.20. The van der Waals surface area contributed by atoms with E-state index in [9.17, 15) is 4.79 Å². The molecule has 2 aromatic rings. The second-order valence-corrected chi connectivity index (χ2v) is 6.04. The Labute approximate surface area is 147 Å². The van der Waals surface area contributed by atoms with Crippen LogP contribution in [0.1, 0.15) is 18.3 Å². The van der Waals surface area contributed by atoms with E-state index < -0.39 is 0 Å². The Morgan fingerprint density at radius 3 is 2.80 bits per heavy atom. The third-order valence-corrected chi connectivity index (χ3v) is 4.17. The molecular weight excluding hydrogens is 320 g/mol. The fourth-order valence-electron chi connectivity index (χ4n) is 2.88. The maximum atomic E-state index is 12.2. The lowest BCUT2D eigenvalue weighted by atomic mass is 10.2. The number of nitrogens with zero attached hydrogens (tertiary/aromatic N) is 2. The summed E-state index contributed by atoms with van der Waals surface area (Å²) in [5, 5.41) is 10.5. The SMILES string of the molecule is CCn1nc(C)c(NC(=O)CNC[C@@H]2COc3ccccc3O2)c1C. The lowest BCUT2D eigenvalue weighted by Crippen LogP contribution is -2.41. The van der Waals surface area contributed by atoms with Gasteiger partial charge in [-0.05, 0) is 32.9 Å². The Kier molecular flexibility index (Phi) is 5.23. The average molecular weight is 344 g/mol. The first-order valence-electron chi connectivity index (χ1n) is 8.51. The van der Waals surface area contributed by atoms with Crippen molar-refractivity contribution in [3.8, 4) is 11.5 Å². The van der Waals surface area contributed by atoms with E-state index >= 15 is 0 Å². The van der Waals surface area contributed by atoms with Crippen LogP contribution in [0, 0.1) is 13.8 Å². The maximum absolute atomic E-state index is 12.2. The van der Waals surface area contributed by atoms with Crippen molar-refractivity contribution >= 4 is 11.6 Å². The number of aryl methyl sites for hydroxylation is 2. The summed E-state index contributed by atoms with van der Waals surface area (Å²) in [6.07, 6.45) is -0.117. The summed E-state index contributed by atoms with van der Waals surface area (Å²) in [5.74, 6) is 1.40. The molecule has 0 radical (unpaired) electrons. The standard InChI is InChI=1S/C18H24N4O3/c1-4-22-13(3)18(12(2)21-22)20-17(23)10-19-9-14-11-24-15-7-5-6-8-16(15)25-14/h5-8,14,19H,4,9-11H2,1-3H3,(H,20,23)/t14-/m1/s1. The Hall–Kier alpha value is -2.54. The molecule has 3 rings (SSSR count). The number of ether oxygens (including phenoxy) is 2. The molecule has 1 aromatic heterocycles. The number of rotatable bonds is 6. The van der Waals surface area contributed by atoms with E-state index in [1.165, 1.54) is 0 Å². The van der Waals surface area contributed by atoms with Gasteiger partial charge in [0.05, 0.1) is 23.6 Å². The van der Waals surface area contributed by atoms with Gasteiger partial charge in [-0.1, -0.05) is 12.1 Å². The molecule has 0 bridgehead atoms. The van der Waals surface area contributed by atoms with Crippen LogP contribution in [0.4, 0.5) is 5.69 Å². The van der Waals surface area contributed by atoms with Gasteiger partial charge in [0.2, 0.25) is 5.91 Å². The highest BCUT2D eigenvalue weighted by atomic mass is 16.6. The minimum atomic E-state index is -0.117. The minimum Gasteiger partial charge on any atom is -0.486 e. The summed E-state index contributed by atoms with van der Waals surface area (Å²) < 4.78 is 13.4. The van der Waals surface area contributed by atoms with Gasteiger partial charge in [0.1, 0.15) is 12.7 Å². The minimum absolute atomic E-state index is 0.0982. The van der Waals surface area contributed by atoms with Crippen molar-refractivity contribution in [2.75, 3.05) is 25.0 Å². The van der Waals surface area contributed by atoms with Gasteiger partial charge in [-0.2, -0.15) is 5.10 Å². The van der Waals surface area contributed by atoms with Gasteiger partial charge < -0.3 is 20.1 Å². The number of carbonyl (C=O) groups is 1. The fraction of sp³-hybridized carbons (Fsp3) is 0.444. The van der Waals surface area contributed by atoms with E-state index in [1.807, 2.05) is 49.7 Å². The van der Waals surface area contributed by atoms with Crippen LogP contribution in [0.15, 0.2) is 24.3 Å². The molecule has 0 saturated heterocycles. The van der Waals surface area contributed by atoms with Crippen LogP contribution >= 0.6 is 0 Å². The molecule has 7 nitrogen and oxygen atoms in total. The van der Waals surface area contributed by atoms with Crippen molar-refractivity contribution in [3.63, 3.8) is 0 Å². The van der Waals surface area contributed by atoms with Gasteiger partial charge in [-0.3, -0.25) is 9.48 Å². The lowest BCUT2D eigenvalue weighted by molar-refractivity contribution is -0.115. The number of amides is 1. The largest absolute Gasteiger partial charge is 0.486 e. The predicted molar refractivity (Wildman–Crippen MR) is 95.2 cm³/mol. The van der Waals surface area contributed by atoms with Crippen LogP contribution in [-0.2, 0) is 11.3 Å². The quantitative estimate of drug-likeness (QED) is 0.837.